The highest BCUT2D eigenvalue weighted by molar-refractivity contribution is 5.99. The molecular formula is C22H23FN6O. The van der Waals surface area contributed by atoms with Crippen molar-refractivity contribution in [3.8, 4) is 0 Å². The van der Waals surface area contributed by atoms with Crippen LogP contribution in [0.5, 0.6) is 0 Å². The number of hydrogen-bond acceptors (Lipinski definition) is 5. The van der Waals surface area contributed by atoms with Crippen molar-refractivity contribution >= 4 is 34.9 Å². The summed E-state index contributed by atoms with van der Waals surface area (Å²) in [6, 6.07) is 14.4. The number of hydrogen-bond donors (Lipinski definition) is 3. The third-order valence-corrected chi connectivity index (χ3v) is 4.77. The third kappa shape index (κ3) is 5.02. The van der Waals surface area contributed by atoms with Crippen molar-refractivity contribution in [1.82, 2.24) is 9.97 Å². The number of carbonyl (C=O) groups is 1. The highest BCUT2D eigenvalue weighted by Crippen LogP contribution is 2.22. The normalized spacial score (nSPS) is 13.2. The van der Waals surface area contributed by atoms with Crippen LogP contribution < -0.4 is 20.9 Å². The average Bonchev–Trinajstić information content (AvgIpc) is 3.26. The van der Waals surface area contributed by atoms with E-state index in [-0.39, 0.29) is 5.82 Å². The first-order valence-corrected chi connectivity index (χ1v) is 9.86. The molecule has 1 aromatic heterocycles. The number of amides is 2. The van der Waals surface area contributed by atoms with Crippen LogP contribution in [0, 0.1) is 12.7 Å². The largest absolute Gasteiger partial charge is 0.356 e. The summed E-state index contributed by atoms with van der Waals surface area (Å²) in [6.45, 7) is 4.01. The molecule has 1 aliphatic rings. The summed E-state index contributed by atoms with van der Waals surface area (Å²) in [6.07, 6.45) is 2.38. The molecule has 30 heavy (non-hydrogen) atoms. The molecule has 3 aromatic rings. The number of rotatable bonds is 5. The first kappa shape index (κ1) is 19.6. The Hall–Kier alpha value is -3.68. The van der Waals surface area contributed by atoms with Gasteiger partial charge in [0.15, 0.2) is 0 Å². The lowest BCUT2D eigenvalue weighted by Crippen LogP contribution is -2.20. The Kier molecular flexibility index (Phi) is 5.74. The van der Waals surface area contributed by atoms with Gasteiger partial charge >= 0.3 is 6.03 Å². The second-order valence-electron chi connectivity index (χ2n) is 7.17. The molecular weight excluding hydrogens is 383 g/mol. The SMILES string of the molecule is Cc1cc(N2CCCC2)nc(Nc2ccc(NC(=O)Nc3ccc(F)cc3)cc2)n1. The van der Waals surface area contributed by atoms with Crippen molar-refractivity contribution < 1.29 is 9.18 Å². The van der Waals surface area contributed by atoms with E-state index in [0.717, 1.165) is 30.3 Å². The first-order chi connectivity index (χ1) is 14.5. The summed E-state index contributed by atoms with van der Waals surface area (Å²) in [4.78, 5) is 23.5. The van der Waals surface area contributed by atoms with E-state index < -0.39 is 6.03 Å². The van der Waals surface area contributed by atoms with E-state index in [1.807, 2.05) is 25.1 Å². The van der Waals surface area contributed by atoms with Crippen molar-refractivity contribution in [2.45, 2.75) is 19.8 Å². The van der Waals surface area contributed by atoms with Crippen molar-refractivity contribution in [3.05, 3.63) is 66.1 Å². The highest BCUT2D eigenvalue weighted by Gasteiger charge is 2.15. The quantitative estimate of drug-likeness (QED) is 0.561. The van der Waals surface area contributed by atoms with Crippen LogP contribution in [0.2, 0.25) is 0 Å². The van der Waals surface area contributed by atoms with Gasteiger partial charge in [0.25, 0.3) is 0 Å². The van der Waals surface area contributed by atoms with Gasteiger partial charge in [-0.1, -0.05) is 0 Å². The number of halogens is 1. The van der Waals surface area contributed by atoms with Crippen LogP contribution >= 0.6 is 0 Å². The zero-order chi connectivity index (χ0) is 20.9. The van der Waals surface area contributed by atoms with Gasteiger partial charge in [-0.25, -0.2) is 14.2 Å². The van der Waals surface area contributed by atoms with Crippen LogP contribution in [-0.4, -0.2) is 29.1 Å². The molecule has 0 unspecified atom stereocenters. The molecule has 1 fully saturated rings. The highest BCUT2D eigenvalue weighted by atomic mass is 19.1. The second-order valence-corrected chi connectivity index (χ2v) is 7.17. The lowest BCUT2D eigenvalue weighted by molar-refractivity contribution is 0.262. The fourth-order valence-corrected chi connectivity index (χ4v) is 3.31. The predicted octanol–water partition coefficient (Wildman–Crippen LogP) is 4.91. The Bertz CT molecular complexity index is 1020. The van der Waals surface area contributed by atoms with Gasteiger partial charge in [0.2, 0.25) is 5.95 Å². The standard InChI is InChI=1S/C22H23FN6O/c1-15-14-20(29-12-2-3-13-29)28-21(24-15)25-17-8-10-19(11-9-17)27-22(30)26-18-6-4-16(23)5-7-18/h4-11,14H,2-3,12-13H2,1H3,(H,24,25,28)(H2,26,27,30). The fraction of sp³-hybridized carbons (Fsp3) is 0.227. The van der Waals surface area contributed by atoms with Gasteiger partial charge in [-0.2, -0.15) is 4.98 Å². The molecule has 154 valence electrons. The van der Waals surface area contributed by atoms with Crippen LogP contribution in [0.15, 0.2) is 54.6 Å². The van der Waals surface area contributed by atoms with E-state index >= 15 is 0 Å². The second kappa shape index (κ2) is 8.77. The third-order valence-electron chi connectivity index (χ3n) is 4.77. The summed E-state index contributed by atoms with van der Waals surface area (Å²) >= 11 is 0. The first-order valence-electron chi connectivity index (χ1n) is 9.86. The number of nitrogens with zero attached hydrogens (tertiary/aromatic N) is 3. The molecule has 8 heteroatoms. The summed E-state index contributed by atoms with van der Waals surface area (Å²) < 4.78 is 12.9. The van der Waals surface area contributed by atoms with Crippen molar-refractivity contribution in [2.75, 3.05) is 33.9 Å². The molecule has 1 saturated heterocycles. The number of urea groups is 1. The molecule has 0 spiro atoms. The molecule has 0 atom stereocenters. The molecule has 2 amide bonds. The summed E-state index contributed by atoms with van der Waals surface area (Å²) in [5.74, 6) is 1.14. The van der Waals surface area contributed by atoms with Crippen LogP contribution in [0.25, 0.3) is 0 Å². The molecule has 2 aromatic carbocycles. The van der Waals surface area contributed by atoms with Crippen molar-refractivity contribution in [3.63, 3.8) is 0 Å². The number of benzene rings is 2. The van der Waals surface area contributed by atoms with Crippen LogP contribution in [-0.2, 0) is 0 Å². The van der Waals surface area contributed by atoms with Gasteiger partial charge in [0.05, 0.1) is 0 Å². The Balaban J connectivity index is 1.37. The minimum absolute atomic E-state index is 0.353. The van der Waals surface area contributed by atoms with E-state index in [2.05, 4.69) is 30.8 Å². The predicted molar refractivity (Wildman–Crippen MR) is 117 cm³/mol. The number of carbonyl (C=O) groups excluding carboxylic acids is 1. The zero-order valence-electron chi connectivity index (χ0n) is 16.7. The Labute approximate surface area is 174 Å². The van der Waals surface area contributed by atoms with Gasteiger partial charge in [0, 0.05) is 41.9 Å². The number of aromatic nitrogens is 2. The van der Waals surface area contributed by atoms with Gasteiger partial charge in [-0.05, 0) is 68.3 Å². The van der Waals surface area contributed by atoms with Crippen molar-refractivity contribution in [2.24, 2.45) is 0 Å². The van der Waals surface area contributed by atoms with E-state index in [9.17, 15) is 9.18 Å². The molecule has 4 rings (SSSR count). The minimum atomic E-state index is -0.403. The number of anilines is 5. The Morgan fingerprint density at radius 1 is 0.900 bits per heavy atom. The molecule has 0 radical (unpaired) electrons. The lowest BCUT2D eigenvalue weighted by Gasteiger charge is -2.17. The molecule has 7 nitrogen and oxygen atoms in total. The van der Waals surface area contributed by atoms with Crippen LogP contribution in [0.1, 0.15) is 18.5 Å². The molecule has 0 aliphatic carbocycles. The molecule has 2 heterocycles. The summed E-state index contributed by atoms with van der Waals surface area (Å²) in [5, 5.41) is 8.62. The molecule has 0 saturated carbocycles. The van der Waals surface area contributed by atoms with Gasteiger partial charge in [0.1, 0.15) is 11.6 Å². The number of aryl methyl sites for hydroxylation is 1. The average molecular weight is 406 g/mol. The van der Waals surface area contributed by atoms with Gasteiger partial charge < -0.3 is 20.9 Å². The topological polar surface area (TPSA) is 82.2 Å². The fourth-order valence-electron chi connectivity index (χ4n) is 3.31. The maximum Gasteiger partial charge on any atom is 0.323 e. The lowest BCUT2D eigenvalue weighted by atomic mass is 10.3. The maximum atomic E-state index is 12.9. The molecule has 0 bridgehead atoms. The Morgan fingerprint density at radius 2 is 1.47 bits per heavy atom. The summed E-state index contributed by atoms with van der Waals surface area (Å²) in [5.41, 5.74) is 2.86. The smallest absolute Gasteiger partial charge is 0.323 e. The van der Waals surface area contributed by atoms with Crippen LogP contribution in [0.3, 0.4) is 0 Å². The molecule has 3 N–H and O–H groups in total. The van der Waals surface area contributed by atoms with E-state index in [1.54, 1.807) is 12.1 Å². The summed E-state index contributed by atoms with van der Waals surface area (Å²) in [7, 11) is 0. The number of nitrogens with one attached hydrogen (secondary N) is 3. The van der Waals surface area contributed by atoms with E-state index in [1.165, 1.54) is 37.1 Å². The van der Waals surface area contributed by atoms with Gasteiger partial charge in [-0.3, -0.25) is 0 Å². The maximum absolute atomic E-state index is 12.9. The van der Waals surface area contributed by atoms with Gasteiger partial charge in [-0.15, -0.1) is 0 Å². The monoisotopic (exact) mass is 406 g/mol. The van der Waals surface area contributed by atoms with Crippen molar-refractivity contribution in [1.29, 1.82) is 0 Å². The minimum Gasteiger partial charge on any atom is -0.356 e. The van der Waals surface area contributed by atoms with E-state index in [4.69, 9.17) is 0 Å². The zero-order valence-corrected chi connectivity index (χ0v) is 16.7. The molecule has 1 aliphatic heterocycles. The Morgan fingerprint density at radius 3 is 2.10 bits per heavy atom. The van der Waals surface area contributed by atoms with E-state index in [0.29, 0.717) is 17.3 Å². The van der Waals surface area contributed by atoms with Crippen LogP contribution in [0.4, 0.5) is 38.0 Å².